The molecular weight excluding hydrogens is 470 g/mol. The third kappa shape index (κ3) is 6.43. The molecule has 3 aromatic rings. The van der Waals surface area contributed by atoms with Gasteiger partial charge in [-0.3, -0.25) is 9.52 Å². The average molecular weight is 490 g/mol. The van der Waals surface area contributed by atoms with Crippen molar-refractivity contribution in [3.63, 3.8) is 0 Å². The number of esters is 1. The molecule has 1 heterocycles. The number of nitrogens with zero attached hydrogens (tertiary/aromatic N) is 1. The Kier molecular flexibility index (Phi) is 7.86. The third-order valence-corrected chi connectivity index (χ3v) is 5.89. The first-order valence-corrected chi connectivity index (χ1v) is 11.6. The molecule has 0 unspecified atom stereocenters. The second-order valence-electron chi connectivity index (χ2n) is 6.52. The van der Waals surface area contributed by atoms with Crippen LogP contribution in [0.2, 0.25) is 5.15 Å². The van der Waals surface area contributed by atoms with Gasteiger partial charge < -0.3 is 14.8 Å². The highest BCUT2D eigenvalue weighted by atomic mass is 35.5. The maximum atomic E-state index is 12.8. The molecule has 0 saturated heterocycles. The molecule has 9 nitrogen and oxygen atoms in total. The van der Waals surface area contributed by atoms with Crippen LogP contribution in [0.5, 0.6) is 5.75 Å². The third-order valence-electron chi connectivity index (χ3n) is 4.20. The molecule has 0 bridgehead atoms. The van der Waals surface area contributed by atoms with E-state index < -0.39 is 28.5 Å². The number of sulfonamides is 1. The van der Waals surface area contributed by atoms with Crippen LogP contribution in [0.15, 0.2) is 71.8 Å². The van der Waals surface area contributed by atoms with Gasteiger partial charge >= 0.3 is 5.97 Å². The quantitative estimate of drug-likeness (QED) is 0.346. The molecule has 11 heteroatoms. The Morgan fingerprint density at radius 3 is 2.39 bits per heavy atom. The zero-order valence-corrected chi connectivity index (χ0v) is 19.0. The summed E-state index contributed by atoms with van der Waals surface area (Å²) >= 11 is 5.88. The largest absolute Gasteiger partial charge is 0.494 e. The maximum absolute atomic E-state index is 12.8. The van der Waals surface area contributed by atoms with E-state index in [1.807, 2.05) is 6.92 Å². The molecule has 1 amide bonds. The first-order valence-electron chi connectivity index (χ1n) is 9.72. The van der Waals surface area contributed by atoms with Crippen LogP contribution in [-0.4, -0.2) is 38.5 Å². The van der Waals surface area contributed by atoms with Crippen molar-refractivity contribution in [2.75, 3.05) is 23.3 Å². The van der Waals surface area contributed by atoms with Crippen molar-refractivity contribution in [2.24, 2.45) is 0 Å². The lowest BCUT2D eigenvalue weighted by Crippen LogP contribution is -2.22. The minimum Gasteiger partial charge on any atom is -0.494 e. The molecule has 33 heavy (non-hydrogen) atoms. The number of halogens is 1. The van der Waals surface area contributed by atoms with Crippen LogP contribution < -0.4 is 14.8 Å². The number of hydrogen-bond donors (Lipinski definition) is 2. The molecular formula is C22H20ClN3O6S. The minimum atomic E-state index is -3.99. The summed E-state index contributed by atoms with van der Waals surface area (Å²) in [5, 5.41) is 2.56. The summed E-state index contributed by atoms with van der Waals surface area (Å²) in [5.41, 5.74) is 0.218. The lowest BCUT2D eigenvalue weighted by molar-refractivity contribution is -0.119. The minimum absolute atomic E-state index is 0.00657. The fourth-order valence-corrected chi connectivity index (χ4v) is 3.96. The van der Waals surface area contributed by atoms with E-state index in [9.17, 15) is 18.0 Å². The number of carbonyl (C=O) groups excluding carboxylic acids is 2. The molecule has 2 aromatic carbocycles. The van der Waals surface area contributed by atoms with E-state index in [1.54, 1.807) is 24.3 Å². The van der Waals surface area contributed by atoms with Crippen LogP contribution in [0.25, 0.3) is 0 Å². The average Bonchev–Trinajstić information content (AvgIpc) is 2.80. The molecule has 0 radical (unpaired) electrons. The van der Waals surface area contributed by atoms with Gasteiger partial charge in [-0.25, -0.2) is 18.2 Å². The van der Waals surface area contributed by atoms with E-state index in [1.165, 1.54) is 42.6 Å². The normalized spacial score (nSPS) is 10.8. The Balaban J connectivity index is 1.68. The summed E-state index contributed by atoms with van der Waals surface area (Å²) in [6, 6.07) is 14.9. The summed E-state index contributed by atoms with van der Waals surface area (Å²) in [7, 11) is -3.99. The van der Waals surface area contributed by atoms with Gasteiger partial charge in [0.2, 0.25) is 0 Å². The summed E-state index contributed by atoms with van der Waals surface area (Å²) in [4.78, 5) is 28.4. The van der Waals surface area contributed by atoms with E-state index in [4.69, 9.17) is 21.1 Å². The van der Waals surface area contributed by atoms with Gasteiger partial charge in [0.05, 0.1) is 28.4 Å². The molecule has 0 fully saturated rings. The van der Waals surface area contributed by atoms with Crippen molar-refractivity contribution < 1.29 is 27.5 Å². The van der Waals surface area contributed by atoms with E-state index in [-0.39, 0.29) is 27.0 Å². The monoisotopic (exact) mass is 489 g/mol. The number of aromatic nitrogens is 1. The second-order valence-corrected chi connectivity index (χ2v) is 8.56. The zero-order valence-electron chi connectivity index (χ0n) is 17.4. The van der Waals surface area contributed by atoms with Crippen molar-refractivity contribution >= 4 is 44.9 Å². The highest BCUT2D eigenvalue weighted by Gasteiger charge is 2.20. The molecule has 0 aliphatic heterocycles. The predicted molar refractivity (Wildman–Crippen MR) is 123 cm³/mol. The first-order chi connectivity index (χ1) is 15.8. The van der Waals surface area contributed by atoms with Crippen LogP contribution in [0, 0.1) is 0 Å². The van der Waals surface area contributed by atoms with Gasteiger partial charge in [-0.2, -0.15) is 0 Å². The maximum Gasteiger partial charge on any atom is 0.340 e. The summed E-state index contributed by atoms with van der Waals surface area (Å²) in [6.07, 6.45) is 1.46. The number of carbonyl (C=O) groups is 2. The number of hydrogen-bond acceptors (Lipinski definition) is 7. The van der Waals surface area contributed by atoms with Crippen LogP contribution >= 0.6 is 11.6 Å². The SMILES string of the molecule is CCOc1ccc(S(=O)(=O)Nc2ccccc2C(=O)OCC(=O)Nc2cccnc2Cl)cc1. The molecule has 0 atom stereocenters. The molecule has 0 aliphatic carbocycles. The molecule has 2 N–H and O–H groups in total. The van der Waals surface area contributed by atoms with Gasteiger partial charge in [-0.15, -0.1) is 0 Å². The van der Waals surface area contributed by atoms with E-state index >= 15 is 0 Å². The first kappa shape index (κ1) is 24.0. The van der Waals surface area contributed by atoms with Gasteiger partial charge in [-0.1, -0.05) is 23.7 Å². The second kappa shape index (κ2) is 10.8. The van der Waals surface area contributed by atoms with Crippen molar-refractivity contribution in [3.8, 4) is 5.75 Å². The van der Waals surface area contributed by atoms with Gasteiger partial charge in [0.25, 0.3) is 15.9 Å². The number of amides is 1. The molecule has 172 valence electrons. The number of anilines is 2. The molecule has 0 aliphatic rings. The zero-order chi connectivity index (χ0) is 23.8. The van der Waals surface area contributed by atoms with E-state index in [2.05, 4.69) is 15.0 Å². The Hall–Kier alpha value is -3.63. The fourth-order valence-electron chi connectivity index (χ4n) is 2.71. The van der Waals surface area contributed by atoms with Gasteiger partial charge in [0.1, 0.15) is 5.75 Å². The highest BCUT2D eigenvalue weighted by molar-refractivity contribution is 7.92. The Morgan fingerprint density at radius 2 is 1.70 bits per heavy atom. The van der Waals surface area contributed by atoms with Crippen molar-refractivity contribution in [3.05, 3.63) is 77.6 Å². The van der Waals surface area contributed by atoms with Crippen LogP contribution in [0.1, 0.15) is 17.3 Å². The van der Waals surface area contributed by atoms with Gasteiger partial charge in [0, 0.05) is 6.20 Å². The fraction of sp³-hybridized carbons (Fsp3) is 0.136. The molecule has 0 saturated carbocycles. The van der Waals surface area contributed by atoms with Gasteiger partial charge in [0.15, 0.2) is 11.8 Å². The smallest absolute Gasteiger partial charge is 0.340 e. The lowest BCUT2D eigenvalue weighted by atomic mass is 10.2. The summed E-state index contributed by atoms with van der Waals surface area (Å²) < 4.78 is 38.2. The summed E-state index contributed by atoms with van der Waals surface area (Å²) in [5.74, 6) is -0.982. The Labute approximate surface area is 195 Å². The number of pyridine rings is 1. The number of nitrogens with one attached hydrogen (secondary N) is 2. The van der Waals surface area contributed by atoms with Crippen molar-refractivity contribution in [1.82, 2.24) is 4.98 Å². The lowest BCUT2D eigenvalue weighted by Gasteiger charge is -2.13. The topological polar surface area (TPSA) is 124 Å². The van der Waals surface area contributed by atoms with Crippen LogP contribution in [0.4, 0.5) is 11.4 Å². The standard InChI is InChI=1S/C22H20ClN3O6S/c1-2-31-15-9-11-16(12-10-15)33(29,30)26-18-7-4-3-6-17(18)22(28)32-14-20(27)25-19-8-5-13-24-21(19)23/h3-13,26H,2,14H2,1H3,(H,25,27). The van der Waals surface area contributed by atoms with E-state index in [0.717, 1.165) is 0 Å². The van der Waals surface area contributed by atoms with Crippen molar-refractivity contribution in [2.45, 2.75) is 11.8 Å². The molecule has 0 spiro atoms. The van der Waals surface area contributed by atoms with E-state index in [0.29, 0.717) is 12.4 Å². The highest BCUT2D eigenvalue weighted by Crippen LogP contribution is 2.23. The summed E-state index contributed by atoms with van der Waals surface area (Å²) in [6.45, 7) is 1.66. The van der Waals surface area contributed by atoms with Crippen molar-refractivity contribution in [1.29, 1.82) is 0 Å². The number of benzene rings is 2. The number of para-hydroxylation sites is 1. The number of rotatable bonds is 9. The Bertz CT molecular complexity index is 1250. The molecule has 3 rings (SSSR count). The Morgan fingerprint density at radius 1 is 1.00 bits per heavy atom. The predicted octanol–water partition coefficient (Wildman–Crippen LogP) is 3.73. The van der Waals surface area contributed by atoms with Crippen LogP contribution in [0.3, 0.4) is 0 Å². The van der Waals surface area contributed by atoms with Gasteiger partial charge in [-0.05, 0) is 55.5 Å². The molecule has 1 aromatic heterocycles. The number of ether oxygens (including phenoxy) is 2. The van der Waals surface area contributed by atoms with Crippen LogP contribution in [-0.2, 0) is 19.6 Å².